The molecule has 0 aliphatic rings. The molecule has 0 unspecified atom stereocenters. The van der Waals surface area contributed by atoms with Gasteiger partial charge < -0.3 is 9.47 Å². The highest BCUT2D eigenvalue weighted by molar-refractivity contribution is 5.91. The number of ether oxygens (including phenoxy) is 2. The second-order valence-electron chi connectivity index (χ2n) is 8.40. The van der Waals surface area contributed by atoms with Gasteiger partial charge in [-0.05, 0) is 72.6 Å². The maximum Gasteiger partial charge on any atom is 0.343 e. The number of para-hydroxylation sites is 1. The molecule has 3 aromatic carbocycles. The number of carbonyl (C=O) groups is 1. The molecule has 0 atom stereocenters. The molecule has 0 heterocycles. The van der Waals surface area contributed by atoms with Crippen molar-refractivity contribution in [1.82, 2.24) is 0 Å². The van der Waals surface area contributed by atoms with Crippen LogP contribution < -0.4 is 9.47 Å². The van der Waals surface area contributed by atoms with Gasteiger partial charge in [0, 0.05) is 6.21 Å². The normalized spacial score (nSPS) is 11.0. The summed E-state index contributed by atoms with van der Waals surface area (Å²) in [7, 11) is 0. The van der Waals surface area contributed by atoms with Crippen molar-refractivity contribution in [3.05, 3.63) is 90.0 Å². The fourth-order valence-corrected chi connectivity index (χ4v) is 3.56. The number of hydrogen-bond acceptors (Lipinski definition) is 4. The summed E-state index contributed by atoms with van der Waals surface area (Å²) in [6, 6.07) is 24.1. The van der Waals surface area contributed by atoms with E-state index in [0.29, 0.717) is 11.3 Å². The largest absolute Gasteiger partial charge is 0.494 e. The molecule has 0 amide bonds. The maximum absolute atomic E-state index is 12.2. The van der Waals surface area contributed by atoms with Crippen LogP contribution in [0.25, 0.3) is 0 Å². The molecular weight excluding hydrogens is 422 g/mol. The Kier molecular flexibility index (Phi) is 10.9. The molecule has 0 aliphatic heterocycles. The molecule has 34 heavy (non-hydrogen) atoms. The van der Waals surface area contributed by atoms with Crippen LogP contribution in [0.5, 0.6) is 11.5 Å². The first-order chi connectivity index (χ1) is 16.7. The maximum atomic E-state index is 12.2. The van der Waals surface area contributed by atoms with Crippen molar-refractivity contribution in [2.24, 2.45) is 4.99 Å². The Hall–Kier alpha value is -3.40. The zero-order valence-corrected chi connectivity index (χ0v) is 20.1. The molecule has 3 rings (SSSR count). The minimum atomic E-state index is -0.385. The first kappa shape index (κ1) is 25.2. The topological polar surface area (TPSA) is 47.9 Å². The monoisotopic (exact) mass is 457 g/mol. The lowest BCUT2D eigenvalue weighted by atomic mass is 10.1. The molecule has 0 N–H and O–H groups in total. The molecule has 0 aromatic heterocycles. The zero-order valence-electron chi connectivity index (χ0n) is 20.1. The van der Waals surface area contributed by atoms with E-state index in [0.717, 1.165) is 30.0 Å². The number of nitrogens with zero attached hydrogens (tertiary/aromatic N) is 1. The van der Waals surface area contributed by atoms with Crippen LogP contribution in [0.4, 0.5) is 5.69 Å². The molecule has 0 fully saturated rings. The van der Waals surface area contributed by atoms with E-state index in [1.807, 2.05) is 42.5 Å². The average molecular weight is 458 g/mol. The van der Waals surface area contributed by atoms with Crippen LogP contribution in [0.1, 0.15) is 74.2 Å². The van der Waals surface area contributed by atoms with Gasteiger partial charge in [-0.15, -0.1) is 0 Å². The number of carbonyl (C=O) groups excluding carboxylic acids is 1. The number of aliphatic imine (C=N–C) groups is 1. The lowest BCUT2D eigenvalue weighted by molar-refractivity contribution is 0.0735. The van der Waals surface area contributed by atoms with Crippen molar-refractivity contribution in [3.8, 4) is 11.5 Å². The first-order valence-corrected chi connectivity index (χ1v) is 12.4. The standard InChI is InChI=1S/C30H35NO3/c1-2-3-4-5-6-7-8-12-23-33-28-21-15-25(16-22-28)24-31-27-19-17-26(18-20-27)30(32)34-29-13-10-9-11-14-29/h9-11,13-22,24H,2-8,12,23H2,1H3. The van der Waals surface area contributed by atoms with E-state index < -0.39 is 0 Å². The fourth-order valence-electron chi connectivity index (χ4n) is 3.56. The minimum Gasteiger partial charge on any atom is -0.494 e. The smallest absolute Gasteiger partial charge is 0.343 e. The van der Waals surface area contributed by atoms with E-state index in [4.69, 9.17) is 9.47 Å². The van der Waals surface area contributed by atoms with Crippen molar-refractivity contribution in [2.45, 2.75) is 58.3 Å². The van der Waals surface area contributed by atoms with Crippen LogP contribution in [0.2, 0.25) is 0 Å². The summed E-state index contributed by atoms with van der Waals surface area (Å²) >= 11 is 0. The Morgan fingerprint density at radius 2 is 1.38 bits per heavy atom. The molecular formula is C30H35NO3. The first-order valence-electron chi connectivity index (χ1n) is 12.4. The number of rotatable bonds is 14. The lowest BCUT2D eigenvalue weighted by Crippen LogP contribution is -2.07. The third kappa shape index (κ3) is 9.22. The summed E-state index contributed by atoms with van der Waals surface area (Å²) in [5.74, 6) is 1.03. The lowest BCUT2D eigenvalue weighted by Gasteiger charge is -2.06. The second kappa shape index (κ2) is 14.7. The number of unbranched alkanes of at least 4 members (excludes halogenated alkanes) is 7. The van der Waals surface area contributed by atoms with Crippen LogP contribution >= 0.6 is 0 Å². The Balaban J connectivity index is 1.38. The molecule has 0 saturated heterocycles. The number of esters is 1. The van der Waals surface area contributed by atoms with Gasteiger partial charge >= 0.3 is 5.97 Å². The fraction of sp³-hybridized carbons (Fsp3) is 0.333. The van der Waals surface area contributed by atoms with Crippen LogP contribution in [0.15, 0.2) is 83.9 Å². The van der Waals surface area contributed by atoms with Gasteiger partial charge in [-0.1, -0.05) is 70.1 Å². The molecule has 0 spiro atoms. The SMILES string of the molecule is CCCCCCCCCCOc1ccc(C=Nc2ccc(C(=O)Oc3ccccc3)cc2)cc1. The van der Waals surface area contributed by atoms with Crippen molar-refractivity contribution in [1.29, 1.82) is 0 Å². The second-order valence-corrected chi connectivity index (χ2v) is 8.40. The molecule has 4 nitrogen and oxygen atoms in total. The van der Waals surface area contributed by atoms with Crippen molar-refractivity contribution < 1.29 is 14.3 Å². The molecule has 4 heteroatoms. The Morgan fingerprint density at radius 3 is 2.06 bits per heavy atom. The van der Waals surface area contributed by atoms with E-state index in [1.165, 1.54) is 44.9 Å². The summed E-state index contributed by atoms with van der Waals surface area (Å²) < 4.78 is 11.2. The highest BCUT2D eigenvalue weighted by atomic mass is 16.5. The van der Waals surface area contributed by atoms with E-state index >= 15 is 0 Å². The van der Waals surface area contributed by atoms with Gasteiger partial charge in [0.1, 0.15) is 11.5 Å². The molecule has 0 saturated carbocycles. The highest BCUT2D eigenvalue weighted by Crippen LogP contribution is 2.17. The Morgan fingerprint density at radius 1 is 0.735 bits per heavy atom. The van der Waals surface area contributed by atoms with E-state index in [9.17, 15) is 4.79 Å². The molecule has 0 radical (unpaired) electrons. The van der Waals surface area contributed by atoms with Crippen molar-refractivity contribution >= 4 is 17.9 Å². The van der Waals surface area contributed by atoms with Gasteiger partial charge in [-0.25, -0.2) is 4.79 Å². The van der Waals surface area contributed by atoms with E-state index in [1.54, 1.807) is 42.6 Å². The summed E-state index contributed by atoms with van der Waals surface area (Å²) in [4.78, 5) is 16.7. The van der Waals surface area contributed by atoms with Gasteiger partial charge in [-0.3, -0.25) is 4.99 Å². The van der Waals surface area contributed by atoms with E-state index in [-0.39, 0.29) is 5.97 Å². The Bertz CT molecular complexity index is 995. The zero-order chi connectivity index (χ0) is 23.8. The summed E-state index contributed by atoms with van der Waals surface area (Å²) in [6.07, 6.45) is 12.2. The van der Waals surface area contributed by atoms with Crippen LogP contribution in [-0.4, -0.2) is 18.8 Å². The van der Waals surface area contributed by atoms with Gasteiger partial charge in [-0.2, -0.15) is 0 Å². The summed E-state index contributed by atoms with van der Waals surface area (Å²) in [5.41, 5.74) is 2.25. The van der Waals surface area contributed by atoms with Gasteiger partial charge in [0.05, 0.1) is 17.9 Å². The van der Waals surface area contributed by atoms with Crippen molar-refractivity contribution in [3.63, 3.8) is 0 Å². The summed E-state index contributed by atoms with van der Waals surface area (Å²) in [5, 5.41) is 0. The van der Waals surface area contributed by atoms with E-state index in [2.05, 4.69) is 11.9 Å². The van der Waals surface area contributed by atoms with Crippen molar-refractivity contribution in [2.75, 3.05) is 6.61 Å². The predicted octanol–water partition coefficient (Wildman–Crippen LogP) is 8.18. The van der Waals surface area contributed by atoms with Gasteiger partial charge in [0.25, 0.3) is 0 Å². The molecule has 178 valence electrons. The van der Waals surface area contributed by atoms with Crippen LogP contribution in [0.3, 0.4) is 0 Å². The summed E-state index contributed by atoms with van der Waals surface area (Å²) in [6.45, 7) is 3.02. The van der Waals surface area contributed by atoms with Gasteiger partial charge in [0.2, 0.25) is 0 Å². The predicted molar refractivity (Wildman–Crippen MR) is 140 cm³/mol. The molecule has 0 aliphatic carbocycles. The highest BCUT2D eigenvalue weighted by Gasteiger charge is 2.08. The quantitative estimate of drug-likeness (QED) is 0.106. The van der Waals surface area contributed by atoms with Crippen LogP contribution in [-0.2, 0) is 0 Å². The third-order valence-electron chi connectivity index (χ3n) is 5.57. The molecule has 3 aromatic rings. The Labute approximate surface area is 203 Å². The third-order valence-corrected chi connectivity index (χ3v) is 5.57. The van der Waals surface area contributed by atoms with Crippen LogP contribution in [0, 0.1) is 0 Å². The number of benzene rings is 3. The number of hydrogen-bond donors (Lipinski definition) is 0. The minimum absolute atomic E-state index is 0.385. The van der Waals surface area contributed by atoms with Gasteiger partial charge in [0.15, 0.2) is 0 Å². The molecule has 0 bridgehead atoms. The average Bonchev–Trinajstić information content (AvgIpc) is 2.88.